The molecule has 2 heterocycles. The highest BCUT2D eigenvalue weighted by Gasteiger charge is 2.14. The van der Waals surface area contributed by atoms with Gasteiger partial charge in [0.15, 0.2) is 0 Å². The Morgan fingerprint density at radius 3 is 2.67 bits per heavy atom. The van der Waals surface area contributed by atoms with E-state index in [-0.39, 0.29) is 17.0 Å². The fraction of sp³-hybridized carbons (Fsp3) is 0.556. The van der Waals surface area contributed by atoms with E-state index >= 15 is 0 Å². The number of hydrogen-bond acceptors (Lipinski definition) is 5. The van der Waals surface area contributed by atoms with E-state index in [4.69, 9.17) is 0 Å². The highest BCUT2D eigenvalue weighted by molar-refractivity contribution is 5.35. The summed E-state index contributed by atoms with van der Waals surface area (Å²) < 4.78 is 0. The lowest BCUT2D eigenvalue weighted by atomic mass is 10.3. The highest BCUT2D eigenvalue weighted by atomic mass is 16.3. The fourth-order valence-corrected chi connectivity index (χ4v) is 1.54. The van der Waals surface area contributed by atoms with Crippen LogP contribution in [-0.4, -0.2) is 41.3 Å². The van der Waals surface area contributed by atoms with E-state index < -0.39 is 0 Å². The van der Waals surface area contributed by atoms with Gasteiger partial charge >= 0.3 is 0 Å². The molecule has 0 aliphatic carbocycles. The van der Waals surface area contributed by atoms with Gasteiger partial charge in [-0.3, -0.25) is 9.78 Å². The van der Waals surface area contributed by atoms with Gasteiger partial charge in [0.1, 0.15) is 0 Å². The molecule has 0 bridgehead atoms. The summed E-state index contributed by atoms with van der Waals surface area (Å²) in [6.45, 7) is 4.83. The van der Waals surface area contributed by atoms with E-state index in [1.54, 1.807) is 6.92 Å². The lowest BCUT2D eigenvalue weighted by molar-refractivity contribution is 0.444. The van der Waals surface area contributed by atoms with E-state index in [1.807, 2.05) is 4.90 Å². The number of rotatable bonds is 1. The van der Waals surface area contributed by atoms with Crippen molar-refractivity contribution in [1.82, 2.24) is 15.3 Å². The molecule has 6 nitrogen and oxygen atoms in total. The number of piperazine rings is 1. The number of aromatic nitrogens is 2. The van der Waals surface area contributed by atoms with Crippen molar-refractivity contribution < 1.29 is 5.11 Å². The van der Waals surface area contributed by atoms with Crippen molar-refractivity contribution >= 4 is 5.95 Å². The topological polar surface area (TPSA) is 81.2 Å². The van der Waals surface area contributed by atoms with Crippen LogP contribution in [0.2, 0.25) is 0 Å². The summed E-state index contributed by atoms with van der Waals surface area (Å²) in [5.74, 6) is 0.261. The van der Waals surface area contributed by atoms with Crippen molar-refractivity contribution in [1.29, 1.82) is 0 Å². The molecule has 2 rings (SSSR count). The molecule has 1 fully saturated rings. The first-order valence-electron chi connectivity index (χ1n) is 4.94. The minimum absolute atomic E-state index is 0.188. The largest absolute Gasteiger partial charge is 0.493 e. The fourth-order valence-electron chi connectivity index (χ4n) is 1.54. The third kappa shape index (κ3) is 1.94. The summed E-state index contributed by atoms with van der Waals surface area (Å²) in [6, 6.07) is 0. The van der Waals surface area contributed by atoms with Gasteiger partial charge in [0, 0.05) is 26.2 Å². The number of nitrogens with zero attached hydrogens (tertiary/aromatic N) is 2. The Kier molecular flexibility index (Phi) is 2.59. The molecule has 1 aromatic heterocycles. The van der Waals surface area contributed by atoms with E-state index in [0.29, 0.717) is 5.95 Å². The molecule has 0 radical (unpaired) electrons. The molecule has 0 unspecified atom stereocenters. The second kappa shape index (κ2) is 3.90. The van der Waals surface area contributed by atoms with Gasteiger partial charge in [0.05, 0.1) is 5.56 Å². The van der Waals surface area contributed by atoms with Crippen molar-refractivity contribution in [2.75, 3.05) is 31.1 Å². The quantitative estimate of drug-likeness (QED) is 0.565. The van der Waals surface area contributed by atoms with Gasteiger partial charge < -0.3 is 15.3 Å². The maximum Gasteiger partial charge on any atom is 0.259 e. The van der Waals surface area contributed by atoms with Crippen LogP contribution in [0.15, 0.2) is 4.79 Å². The zero-order valence-corrected chi connectivity index (χ0v) is 8.58. The van der Waals surface area contributed by atoms with Crippen LogP contribution in [0.5, 0.6) is 5.88 Å². The molecule has 15 heavy (non-hydrogen) atoms. The Balaban J connectivity index is 2.32. The third-order valence-corrected chi connectivity index (χ3v) is 2.53. The zero-order chi connectivity index (χ0) is 10.8. The number of H-pyrrole nitrogens is 1. The minimum atomic E-state index is -0.281. The molecule has 3 N–H and O–H groups in total. The van der Waals surface area contributed by atoms with Gasteiger partial charge in [-0.15, -0.1) is 0 Å². The van der Waals surface area contributed by atoms with Crippen LogP contribution in [-0.2, 0) is 0 Å². The third-order valence-electron chi connectivity index (χ3n) is 2.53. The first-order valence-corrected chi connectivity index (χ1v) is 4.94. The van der Waals surface area contributed by atoms with E-state index in [2.05, 4.69) is 15.3 Å². The minimum Gasteiger partial charge on any atom is -0.493 e. The van der Waals surface area contributed by atoms with Gasteiger partial charge in [0.2, 0.25) is 11.8 Å². The van der Waals surface area contributed by atoms with Crippen molar-refractivity contribution in [2.45, 2.75) is 6.92 Å². The summed E-state index contributed by atoms with van der Waals surface area (Å²) in [7, 11) is 0. The van der Waals surface area contributed by atoms with Crippen LogP contribution >= 0.6 is 0 Å². The molecular weight excluding hydrogens is 196 g/mol. The van der Waals surface area contributed by atoms with Gasteiger partial charge in [0.25, 0.3) is 5.56 Å². The van der Waals surface area contributed by atoms with Crippen molar-refractivity contribution in [2.24, 2.45) is 0 Å². The lowest BCUT2D eigenvalue weighted by Crippen LogP contribution is -2.44. The van der Waals surface area contributed by atoms with Crippen LogP contribution in [0.25, 0.3) is 0 Å². The Morgan fingerprint density at radius 2 is 2.07 bits per heavy atom. The van der Waals surface area contributed by atoms with E-state index in [0.717, 1.165) is 26.2 Å². The lowest BCUT2D eigenvalue weighted by Gasteiger charge is -2.27. The number of aromatic hydroxyl groups is 1. The Bertz CT molecular complexity index is 409. The number of hydrogen-bond donors (Lipinski definition) is 3. The Hall–Kier alpha value is -1.56. The van der Waals surface area contributed by atoms with Crippen molar-refractivity contribution in [3.05, 3.63) is 15.9 Å². The number of anilines is 1. The van der Waals surface area contributed by atoms with Crippen LogP contribution < -0.4 is 15.8 Å². The first-order chi connectivity index (χ1) is 7.18. The maximum atomic E-state index is 11.4. The molecule has 0 atom stereocenters. The SMILES string of the molecule is Cc1c(O)nc(N2CCNCC2)[nH]c1=O. The number of nitrogens with one attached hydrogen (secondary N) is 2. The highest BCUT2D eigenvalue weighted by Crippen LogP contribution is 2.12. The van der Waals surface area contributed by atoms with Gasteiger partial charge in [-0.2, -0.15) is 4.98 Å². The molecule has 82 valence electrons. The maximum absolute atomic E-state index is 11.4. The van der Waals surface area contributed by atoms with Gasteiger partial charge in [-0.1, -0.05) is 0 Å². The van der Waals surface area contributed by atoms with Gasteiger partial charge in [-0.25, -0.2) is 0 Å². The molecule has 0 spiro atoms. The van der Waals surface area contributed by atoms with Gasteiger partial charge in [-0.05, 0) is 6.92 Å². The van der Waals surface area contributed by atoms with Crippen LogP contribution in [0.4, 0.5) is 5.95 Å². The average molecular weight is 210 g/mol. The predicted molar refractivity (Wildman–Crippen MR) is 56.3 cm³/mol. The normalized spacial score (nSPS) is 16.7. The van der Waals surface area contributed by atoms with Crippen LogP contribution in [0.1, 0.15) is 5.56 Å². The molecule has 0 saturated carbocycles. The van der Waals surface area contributed by atoms with Crippen molar-refractivity contribution in [3.63, 3.8) is 0 Å². The second-order valence-electron chi connectivity index (χ2n) is 3.58. The smallest absolute Gasteiger partial charge is 0.259 e. The predicted octanol–water partition coefficient (Wildman–Crippen LogP) is -0.806. The average Bonchev–Trinajstić information content (AvgIpc) is 2.26. The van der Waals surface area contributed by atoms with Crippen LogP contribution in [0, 0.1) is 6.92 Å². The van der Waals surface area contributed by atoms with Crippen LogP contribution in [0.3, 0.4) is 0 Å². The summed E-state index contributed by atoms with van der Waals surface area (Å²) in [5, 5.41) is 12.6. The molecular formula is C9H14N4O2. The molecule has 0 aromatic carbocycles. The molecule has 1 aliphatic heterocycles. The monoisotopic (exact) mass is 210 g/mol. The van der Waals surface area contributed by atoms with E-state index in [9.17, 15) is 9.90 Å². The summed E-state index contributed by atoms with van der Waals surface area (Å²) in [4.78, 5) is 20.0. The number of aromatic amines is 1. The zero-order valence-electron chi connectivity index (χ0n) is 8.58. The van der Waals surface area contributed by atoms with E-state index in [1.165, 1.54) is 0 Å². The molecule has 1 aromatic rings. The molecule has 1 saturated heterocycles. The Morgan fingerprint density at radius 1 is 1.40 bits per heavy atom. The molecule has 1 aliphatic rings. The second-order valence-corrected chi connectivity index (χ2v) is 3.58. The standard InChI is InChI=1S/C9H14N4O2/c1-6-7(14)11-9(12-8(6)15)13-4-2-10-3-5-13/h10H,2-5H2,1H3,(H2,11,12,14,15). The van der Waals surface area contributed by atoms with Crippen molar-refractivity contribution in [3.8, 4) is 5.88 Å². The Labute approximate surface area is 87.0 Å². The first kappa shape index (κ1) is 9.97. The molecule has 6 heteroatoms. The summed E-state index contributed by atoms with van der Waals surface area (Å²) >= 11 is 0. The molecule has 0 amide bonds. The summed E-state index contributed by atoms with van der Waals surface area (Å²) in [6.07, 6.45) is 0. The summed E-state index contributed by atoms with van der Waals surface area (Å²) in [5.41, 5.74) is -0.0232.